The molecule has 5 nitrogen and oxygen atoms in total. The Hall–Kier alpha value is -2.50. The van der Waals surface area contributed by atoms with Gasteiger partial charge in [-0.1, -0.05) is 6.07 Å². The summed E-state index contributed by atoms with van der Waals surface area (Å²) in [4.78, 5) is 19.9. The average Bonchev–Trinajstić information content (AvgIpc) is 2.41. The Morgan fingerprint density at radius 1 is 1.35 bits per heavy atom. The fourth-order valence-electron chi connectivity index (χ4n) is 1.68. The van der Waals surface area contributed by atoms with Gasteiger partial charge in [-0.2, -0.15) is 4.98 Å². The molecule has 0 unspecified atom stereocenters. The highest BCUT2D eigenvalue weighted by Crippen LogP contribution is 2.17. The highest BCUT2D eigenvalue weighted by atomic mass is 19.1. The normalized spacial score (nSPS) is 10.2. The lowest BCUT2D eigenvalue weighted by Gasteiger charge is -2.09. The first kappa shape index (κ1) is 13.9. The van der Waals surface area contributed by atoms with E-state index in [2.05, 4.69) is 15.3 Å². The second-order valence-electron chi connectivity index (χ2n) is 4.29. The van der Waals surface area contributed by atoms with Gasteiger partial charge in [0.15, 0.2) is 0 Å². The number of aromatic nitrogens is 2. The van der Waals surface area contributed by atoms with Gasteiger partial charge in [0.1, 0.15) is 5.82 Å². The van der Waals surface area contributed by atoms with Crippen LogP contribution in [-0.4, -0.2) is 23.0 Å². The Bertz CT molecular complexity index is 659. The molecule has 0 aliphatic heterocycles. The molecule has 1 heterocycles. The van der Waals surface area contributed by atoms with Crippen LogP contribution in [0.2, 0.25) is 0 Å². The van der Waals surface area contributed by atoms with E-state index in [1.54, 1.807) is 19.9 Å². The molecular formula is C14H14FN3O2. The fourth-order valence-corrected chi connectivity index (χ4v) is 1.68. The van der Waals surface area contributed by atoms with Gasteiger partial charge < -0.3 is 10.1 Å². The number of anilines is 1. The SMILES string of the molecule is COc1ncc(C(=O)Nc2ccc(C)cc2F)c(C)n1. The minimum Gasteiger partial charge on any atom is -0.467 e. The molecule has 0 radical (unpaired) electrons. The molecule has 0 saturated carbocycles. The van der Waals surface area contributed by atoms with Crippen LogP contribution in [0.15, 0.2) is 24.4 Å². The smallest absolute Gasteiger partial charge is 0.316 e. The number of carbonyl (C=O) groups excluding carboxylic acids is 1. The summed E-state index contributed by atoms with van der Waals surface area (Å²) in [5.41, 5.74) is 1.63. The molecule has 20 heavy (non-hydrogen) atoms. The van der Waals surface area contributed by atoms with Crippen molar-refractivity contribution in [3.63, 3.8) is 0 Å². The van der Waals surface area contributed by atoms with E-state index in [-0.39, 0.29) is 17.3 Å². The van der Waals surface area contributed by atoms with E-state index in [1.165, 1.54) is 25.4 Å². The standard InChI is InChI=1S/C14H14FN3O2/c1-8-4-5-12(11(15)6-8)18-13(19)10-7-16-14(20-3)17-9(10)2/h4-7H,1-3H3,(H,18,19). The topological polar surface area (TPSA) is 64.1 Å². The maximum Gasteiger partial charge on any atom is 0.316 e. The third-order valence-electron chi connectivity index (χ3n) is 2.76. The molecule has 0 spiro atoms. The number of benzene rings is 1. The van der Waals surface area contributed by atoms with Crippen LogP contribution in [0.1, 0.15) is 21.6 Å². The molecule has 6 heteroatoms. The van der Waals surface area contributed by atoms with Crippen LogP contribution in [0.25, 0.3) is 0 Å². The highest BCUT2D eigenvalue weighted by Gasteiger charge is 2.14. The fraction of sp³-hybridized carbons (Fsp3) is 0.214. The Balaban J connectivity index is 2.24. The van der Waals surface area contributed by atoms with E-state index in [9.17, 15) is 9.18 Å². The monoisotopic (exact) mass is 275 g/mol. The third kappa shape index (κ3) is 2.90. The van der Waals surface area contributed by atoms with Crippen LogP contribution in [0.5, 0.6) is 6.01 Å². The van der Waals surface area contributed by atoms with Crippen molar-refractivity contribution in [2.45, 2.75) is 13.8 Å². The number of nitrogens with one attached hydrogen (secondary N) is 1. The first-order valence-corrected chi connectivity index (χ1v) is 5.96. The largest absolute Gasteiger partial charge is 0.467 e. The summed E-state index contributed by atoms with van der Waals surface area (Å²) in [6, 6.07) is 4.77. The van der Waals surface area contributed by atoms with Crippen molar-refractivity contribution >= 4 is 11.6 Å². The lowest BCUT2D eigenvalue weighted by Crippen LogP contribution is -2.16. The van der Waals surface area contributed by atoms with Gasteiger partial charge in [-0.25, -0.2) is 9.37 Å². The first-order valence-electron chi connectivity index (χ1n) is 5.96. The summed E-state index contributed by atoms with van der Waals surface area (Å²) < 4.78 is 18.5. The van der Waals surface area contributed by atoms with Crippen molar-refractivity contribution in [3.8, 4) is 6.01 Å². The number of ether oxygens (including phenoxy) is 1. The number of rotatable bonds is 3. The highest BCUT2D eigenvalue weighted by molar-refractivity contribution is 6.04. The van der Waals surface area contributed by atoms with Gasteiger partial charge in [0, 0.05) is 6.20 Å². The second-order valence-corrected chi connectivity index (χ2v) is 4.29. The third-order valence-corrected chi connectivity index (χ3v) is 2.76. The van der Waals surface area contributed by atoms with E-state index in [0.717, 1.165) is 5.56 Å². The summed E-state index contributed by atoms with van der Waals surface area (Å²) in [6.45, 7) is 3.43. The Morgan fingerprint density at radius 2 is 2.10 bits per heavy atom. The summed E-state index contributed by atoms with van der Waals surface area (Å²) in [5.74, 6) is -0.946. The number of aryl methyl sites for hydroxylation is 2. The Labute approximate surface area is 115 Å². The molecule has 0 saturated heterocycles. The predicted molar refractivity (Wildman–Crippen MR) is 72.4 cm³/mol. The van der Waals surface area contributed by atoms with Crippen molar-refractivity contribution in [2.24, 2.45) is 0 Å². The van der Waals surface area contributed by atoms with Crippen molar-refractivity contribution in [1.29, 1.82) is 0 Å². The second kappa shape index (κ2) is 5.64. The van der Waals surface area contributed by atoms with Crippen molar-refractivity contribution in [3.05, 3.63) is 47.0 Å². The van der Waals surface area contributed by atoms with Gasteiger partial charge >= 0.3 is 6.01 Å². The van der Waals surface area contributed by atoms with Crippen LogP contribution in [-0.2, 0) is 0 Å². The summed E-state index contributed by atoms with van der Waals surface area (Å²) in [5, 5.41) is 2.50. The Kier molecular flexibility index (Phi) is 3.93. The number of halogens is 1. The minimum atomic E-state index is -0.481. The molecule has 1 aromatic carbocycles. The molecule has 0 aliphatic carbocycles. The molecule has 0 atom stereocenters. The predicted octanol–water partition coefficient (Wildman–Crippen LogP) is 2.49. The molecule has 1 aromatic heterocycles. The zero-order valence-corrected chi connectivity index (χ0v) is 11.4. The number of nitrogens with zero attached hydrogens (tertiary/aromatic N) is 2. The number of hydrogen-bond acceptors (Lipinski definition) is 4. The van der Waals surface area contributed by atoms with E-state index < -0.39 is 11.7 Å². The molecule has 104 valence electrons. The van der Waals surface area contributed by atoms with Crippen LogP contribution >= 0.6 is 0 Å². The number of hydrogen-bond donors (Lipinski definition) is 1. The molecule has 2 rings (SSSR count). The van der Waals surface area contributed by atoms with Crippen LogP contribution in [0, 0.1) is 19.7 Å². The van der Waals surface area contributed by atoms with E-state index in [0.29, 0.717) is 5.69 Å². The lowest BCUT2D eigenvalue weighted by molar-refractivity contribution is 0.102. The zero-order valence-electron chi connectivity index (χ0n) is 11.4. The van der Waals surface area contributed by atoms with Gasteiger partial charge in [-0.15, -0.1) is 0 Å². The molecule has 1 N–H and O–H groups in total. The molecule has 0 fully saturated rings. The van der Waals surface area contributed by atoms with Gasteiger partial charge in [0.25, 0.3) is 5.91 Å². The van der Waals surface area contributed by atoms with Crippen LogP contribution < -0.4 is 10.1 Å². The number of amides is 1. The quantitative estimate of drug-likeness (QED) is 0.934. The molecule has 1 amide bonds. The molecule has 0 aliphatic rings. The van der Waals surface area contributed by atoms with Crippen LogP contribution in [0.3, 0.4) is 0 Å². The first-order chi connectivity index (χ1) is 9.51. The lowest BCUT2D eigenvalue weighted by atomic mass is 10.2. The molecular weight excluding hydrogens is 261 g/mol. The number of carbonyl (C=O) groups is 1. The summed E-state index contributed by atoms with van der Waals surface area (Å²) in [6.07, 6.45) is 1.35. The van der Waals surface area contributed by atoms with Crippen molar-refractivity contribution < 1.29 is 13.9 Å². The van der Waals surface area contributed by atoms with Crippen LogP contribution in [0.4, 0.5) is 10.1 Å². The molecule has 0 bridgehead atoms. The van der Waals surface area contributed by atoms with Gasteiger partial charge in [0.2, 0.25) is 0 Å². The van der Waals surface area contributed by atoms with Gasteiger partial charge in [-0.05, 0) is 31.5 Å². The number of methoxy groups -OCH3 is 1. The van der Waals surface area contributed by atoms with Crippen molar-refractivity contribution in [1.82, 2.24) is 9.97 Å². The van der Waals surface area contributed by atoms with Gasteiger partial charge in [-0.3, -0.25) is 4.79 Å². The zero-order chi connectivity index (χ0) is 14.7. The summed E-state index contributed by atoms with van der Waals surface area (Å²) >= 11 is 0. The average molecular weight is 275 g/mol. The maximum atomic E-state index is 13.7. The van der Waals surface area contributed by atoms with E-state index in [1.807, 2.05) is 0 Å². The van der Waals surface area contributed by atoms with Crippen molar-refractivity contribution in [2.75, 3.05) is 12.4 Å². The van der Waals surface area contributed by atoms with E-state index >= 15 is 0 Å². The minimum absolute atomic E-state index is 0.121. The Morgan fingerprint density at radius 3 is 2.70 bits per heavy atom. The van der Waals surface area contributed by atoms with Gasteiger partial charge in [0.05, 0.1) is 24.1 Å². The maximum absolute atomic E-state index is 13.7. The summed E-state index contributed by atoms with van der Waals surface area (Å²) in [7, 11) is 1.44. The molecule has 2 aromatic rings. The van der Waals surface area contributed by atoms with E-state index in [4.69, 9.17) is 4.74 Å².